The van der Waals surface area contributed by atoms with Crippen molar-refractivity contribution >= 4 is 24.3 Å². The molecule has 2 aliphatic heterocycles. The van der Waals surface area contributed by atoms with Crippen molar-refractivity contribution in [3.8, 4) is 0 Å². The van der Waals surface area contributed by atoms with E-state index in [0.29, 0.717) is 5.56 Å². The van der Waals surface area contributed by atoms with Gasteiger partial charge >= 0.3 is 18.1 Å². The average Bonchev–Trinajstić information content (AvgIpc) is 3.37. The van der Waals surface area contributed by atoms with E-state index in [-0.39, 0.29) is 31.4 Å². The lowest BCUT2D eigenvalue weighted by atomic mass is 10.2. The number of hydrogen-bond donors (Lipinski definition) is 6. The van der Waals surface area contributed by atoms with Crippen LogP contribution in [-0.4, -0.2) is 71.8 Å². The minimum absolute atomic E-state index is 0. The van der Waals surface area contributed by atoms with Crippen LogP contribution in [0.3, 0.4) is 0 Å². The second kappa shape index (κ2) is 11.6. The number of aliphatic hydroxyl groups is 2. The van der Waals surface area contributed by atoms with Crippen LogP contribution in [0.4, 0.5) is 5.82 Å². The number of nitrogens with one attached hydrogen (secondary N) is 1. The second-order valence-corrected chi connectivity index (χ2v) is 11.2. The summed E-state index contributed by atoms with van der Waals surface area (Å²) in [6.45, 7) is -3.22. The average molecular weight is 566 g/mol. The number of quaternary nitrogens is 1. The molecule has 18 heteroatoms. The van der Waals surface area contributed by atoms with Gasteiger partial charge < -0.3 is 45.5 Å². The van der Waals surface area contributed by atoms with E-state index < -0.39 is 67.1 Å². The highest BCUT2D eigenvalue weighted by atomic mass is 32.5. The fourth-order valence-corrected chi connectivity index (χ4v) is 5.47. The SMILES string of the molecule is Cc1cn([C@H]2CC(O)[C@@H](COP(O)(=S)OC3C[C@H](n4ccc(N)nc4=O)O[C@@H]3CO)O2)c(=O)[nH]c1=O.[NH4+]. The van der Waals surface area contributed by atoms with Gasteiger partial charge in [-0.1, -0.05) is 0 Å². The molecular formula is C19H30N6O10PS+. The number of aliphatic hydroxyl groups excluding tert-OH is 2. The molecule has 2 aromatic heterocycles. The highest BCUT2D eigenvalue weighted by Gasteiger charge is 2.41. The largest absolute Gasteiger partial charge is 0.394 e. The summed E-state index contributed by atoms with van der Waals surface area (Å²) in [5, 5.41) is 20.0. The van der Waals surface area contributed by atoms with Crippen LogP contribution in [-0.2, 0) is 30.3 Å². The van der Waals surface area contributed by atoms with Crippen LogP contribution < -0.4 is 28.8 Å². The van der Waals surface area contributed by atoms with Gasteiger partial charge in [0.2, 0.25) is 0 Å². The molecule has 206 valence electrons. The Bertz CT molecular complexity index is 1330. The molecule has 0 spiro atoms. The molecule has 2 fully saturated rings. The van der Waals surface area contributed by atoms with Crippen molar-refractivity contribution in [3.63, 3.8) is 0 Å². The number of hydrogen-bond acceptors (Lipinski definition) is 12. The van der Waals surface area contributed by atoms with E-state index in [9.17, 15) is 29.5 Å². The first-order valence-corrected chi connectivity index (χ1v) is 13.5. The topological polar surface area (TPSA) is 250 Å². The van der Waals surface area contributed by atoms with E-state index in [1.54, 1.807) is 0 Å². The molecular weight excluding hydrogens is 535 g/mol. The number of ether oxygens (including phenoxy) is 2. The Balaban J connectivity index is 0.00000380. The summed E-state index contributed by atoms with van der Waals surface area (Å²) in [6.07, 6.45) is -2.74. The monoisotopic (exact) mass is 565 g/mol. The normalized spacial score (nSPS) is 29.1. The molecule has 2 aromatic rings. The van der Waals surface area contributed by atoms with Crippen LogP contribution in [0.15, 0.2) is 32.8 Å². The lowest BCUT2D eigenvalue weighted by Crippen LogP contribution is -2.33. The highest BCUT2D eigenvalue weighted by molar-refractivity contribution is 8.07. The number of aromatic nitrogens is 4. The minimum atomic E-state index is -3.91. The Hall–Kier alpha value is -2.31. The summed E-state index contributed by atoms with van der Waals surface area (Å²) in [7, 11) is 0. The molecule has 0 amide bonds. The molecule has 37 heavy (non-hydrogen) atoms. The second-order valence-electron chi connectivity index (χ2n) is 8.41. The third kappa shape index (κ3) is 6.58. The summed E-state index contributed by atoms with van der Waals surface area (Å²) < 4.78 is 24.6. The quantitative estimate of drug-likeness (QED) is 0.202. The number of aryl methyl sites for hydroxylation is 1. The molecule has 0 aromatic carbocycles. The highest BCUT2D eigenvalue weighted by Crippen LogP contribution is 2.49. The van der Waals surface area contributed by atoms with E-state index in [0.717, 1.165) is 4.57 Å². The molecule has 0 aliphatic carbocycles. The van der Waals surface area contributed by atoms with Crippen LogP contribution in [0.2, 0.25) is 0 Å². The van der Waals surface area contributed by atoms with Crippen molar-refractivity contribution in [1.82, 2.24) is 25.3 Å². The van der Waals surface area contributed by atoms with Crippen molar-refractivity contribution in [2.24, 2.45) is 0 Å². The van der Waals surface area contributed by atoms with Gasteiger partial charge in [0.15, 0.2) is 0 Å². The molecule has 2 saturated heterocycles. The van der Waals surface area contributed by atoms with E-state index in [1.165, 1.54) is 30.0 Å². The van der Waals surface area contributed by atoms with Gasteiger partial charge in [-0.25, -0.2) is 9.59 Å². The molecule has 0 radical (unpaired) electrons. The van der Waals surface area contributed by atoms with Crippen LogP contribution in [0.25, 0.3) is 0 Å². The summed E-state index contributed by atoms with van der Waals surface area (Å²) in [4.78, 5) is 52.2. The molecule has 4 rings (SSSR count). The molecule has 0 saturated carbocycles. The van der Waals surface area contributed by atoms with E-state index >= 15 is 0 Å². The molecule has 10 N–H and O–H groups in total. The number of nitrogens with two attached hydrogens (primary N) is 1. The molecule has 0 bridgehead atoms. The van der Waals surface area contributed by atoms with Crippen molar-refractivity contribution in [2.45, 2.75) is 56.6 Å². The number of nitrogens with zero attached hydrogens (tertiary/aromatic N) is 3. The summed E-state index contributed by atoms with van der Waals surface area (Å²) >= 11 is 5.08. The van der Waals surface area contributed by atoms with Gasteiger partial charge in [-0.05, 0) is 24.8 Å². The minimum Gasteiger partial charge on any atom is -0.394 e. The van der Waals surface area contributed by atoms with E-state index in [2.05, 4.69) is 9.97 Å². The predicted octanol–water partition coefficient (Wildman–Crippen LogP) is -1.39. The standard InChI is InChI=1S/C19H26N5O10PS.H3N/c1-9-6-24(19(29)22-17(9)27)15-4-10(26)13(33-15)8-31-35(30,36)34-11-5-16(32-12(11)7-25)23-3-2-14(20)21-18(23)28;/h2-3,6,10-13,15-16,25-26H,4-5,7-8H2,1H3,(H,30,36)(H2,20,21,28)(H,22,27,29);1H3/p+1/t10?,11?,12-,13-,15-,16-,35?;/m1./s1. The summed E-state index contributed by atoms with van der Waals surface area (Å²) in [5.74, 6) is 0.0409. The lowest BCUT2D eigenvalue weighted by molar-refractivity contribution is -0.0531. The van der Waals surface area contributed by atoms with E-state index in [4.69, 9.17) is 36.1 Å². The molecule has 2 aliphatic rings. The molecule has 3 unspecified atom stereocenters. The number of nitrogen functional groups attached to an aromatic ring is 1. The van der Waals surface area contributed by atoms with Gasteiger partial charge in [0, 0.05) is 30.8 Å². The van der Waals surface area contributed by atoms with Crippen LogP contribution in [0.1, 0.15) is 30.9 Å². The fourth-order valence-electron chi connectivity index (χ4n) is 4.00. The fraction of sp³-hybridized carbons (Fsp3) is 0.579. The van der Waals surface area contributed by atoms with Gasteiger partial charge in [-0.2, -0.15) is 4.98 Å². The van der Waals surface area contributed by atoms with E-state index in [1.807, 2.05) is 0 Å². The van der Waals surface area contributed by atoms with Gasteiger partial charge in [0.1, 0.15) is 30.5 Å². The smallest absolute Gasteiger partial charge is 0.351 e. The van der Waals surface area contributed by atoms with Crippen molar-refractivity contribution < 1.29 is 33.6 Å². The van der Waals surface area contributed by atoms with Crippen LogP contribution in [0, 0.1) is 6.92 Å². The maximum Gasteiger partial charge on any atom is 0.351 e. The molecule has 16 nitrogen and oxygen atoms in total. The first kappa shape index (κ1) is 29.2. The molecule has 7 atom stereocenters. The Kier molecular flexibility index (Phi) is 9.18. The van der Waals surface area contributed by atoms with Crippen LogP contribution >= 0.6 is 6.72 Å². The maximum absolute atomic E-state index is 12.1. The number of rotatable bonds is 8. The Morgan fingerprint density at radius 2 is 1.92 bits per heavy atom. The third-order valence-corrected chi connectivity index (χ3v) is 7.44. The Labute approximate surface area is 214 Å². The lowest BCUT2D eigenvalue weighted by Gasteiger charge is -2.24. The first-order chi connectivity index (χ1) is 17.0. The maximum atomic E-state index is 12.1. The summed E-state index contributed by atoms with van der Waals surface area (Å²) in [5.41, 5.74) is 3.92. The van der Waals surface area contributed by atoms with Gasteiger partial charge in [-0.15, -0.1) is 0 Å². The van der Waals surface area contributed by atoms with Crippen molar-refractivity contribution in [2.75, 3.05) is 18.9 Å². The Morgan fingerprint density at radius 3 is 2.59 bits per heavy atom. The van der Waals surface area contributed by atoms with Gasteiger partial charge in [-0.3, -0.25) is 18.9 Å². The van der Waals surface area contributed by atoms with Gasteiger partial charge in [0.25, 0.3) is 5.56 Å². The number of anilines is 1. The number of aromatic amines is 1. The molecule has 4 heterocycles. The van der Waals surface area contributed by atoms with Crippen molar-refractivity contribution in [1.29, 1.82) is 0 Å². The zero-order valence-electron chi connectivity index (χ0n) is 20.0. The third-order valence-electron chi connectivity index (χ3n) is 5.85. The van der Waals surface area contributed by atoms with Gasteiger partial charge in [0.05, 0.1) is 25.4 Å². The predicted molar refractivity (Wildman–Crippen MR) is 132 cm³/mol. The van der Waals surface area contributed by atoms with Crippen LogP contribution in [0.5, 0.6) is 0 Å². The van der Waals surface area contributed by atoms with Crippen molar-refractivity contribution in [3.05, 3.63) is 55.3 Å². The zero-order valence-corrected chi connectivity index (χ0v) is 21.7. The first-order valence-electron chi connectivity index (χ1n) is 10.9. The zero-order chi connectivity index (χ0) is 26.2. The number of H-pyrrole nitrogens is 1. The Morgan fingerprint density at radius 1 is 1.24 bits per heavy atom. The summed E-state index contributed by atoms with van der Waals surface area (Å²) in [6, 6.07) is 1.41.